The minimum absolute atomic E-state index is 0.118. The molecular formula is C39H34Cl2N2O6. The summed E-state index contributed by atoms with van der Waals surface area (Å²) in [7, 11) is 1.36. The van der Waals surface area contributed by atoms with Crippen molar-refractivity contribution in [1.82, 2.24) is 9.13 Å². The first-order valence-electron chi connectivity index (χ1n) is 15.4. The van der Waals surface area contributed by atoms with E-state index < -0.39 is 5.97 Å². The first-order valence-corrected chi connectivity index (χ1v) is 16.2. The lowest BCUT2D eigenvalue weighted by molar-refractivity contribution is -0.140. The lowest BCUT2D eigenvalue weighted by Gasteiger charge is -2.08. The molecule has 0 aliphatic rings. The van der Waals surface area contributed by atoms with Gasteiger partial charge in [-0.05, 0) is 112 Å². The molecule has 6 rings (SSSR count). The predicted octanol–water partition coefficient (Wildman–Crippen LogP) is 8.54. The number of esters is 1. The fourth-order valence-electron chi connectivity index (χ4n) is 5.97. The number of carboxylic acids is 1. The summed E-state index contributed by atoms with van der Waals surface area (Å²) in [6.07, 6.45) is 0.00979. The molecule has 0 radical (unpaired) electrons. The van der Waals surface area contributed by atoms with Crippen LogP contribution in [0.25, 0.3) is 21.8 Å². The molecule has 0 spiro atoms. The van der Waals surface area contributed by atoms with Crippen LogP contribution in [0.2, 0.25) is 10.0 Å². The summed E-state index contributed by atoms with van der Waals surface area (Å²) in [6.45, 7) is 7.55. The number of carboxylic acid groups (broad SMARTS) is 1. The van der Waals surface area contributed by atoms with Crippen LogP contribution in [0.3, 0.4) is 0 Å². The quantitative estimate of drug-likeness (QED) is 0.175. The van der Waals surface area contributed by atoms with E-state index in [0.29, 0.717) is 37.9 Å². The van der Waals surface area contributed by atoms with E-state index in [1.165, 1.54) is 7.11 Å². The standard InChI is InChI=1S/C20H18ClNO3.C19H16ClNO3/c1-12-4-9-18-17(10-12)16(11-19(23)25-3)13(2)22(18)20(24)14-5-7-15(21)8-6-14;1-11-3-8-17-16(9-11)15(10-18(22)23)12(2)21(17)19(24)13-4-6-14(20)7-5-13/h4-10H,11H2,1-3H3;3-9H,10H2,1-2H3,(H,22,23). The molecule has 0 amide bonds. The highest BCUT2D eigenvalue weighted by molar-refractivity contribution is 6.31. The molecule has 0 aliphatic carbocycles. The van der Waals surface area contributed by atoms with Crippen LogP contribution < -0.4 is 0 Å². The molecule has 0 fully saturated rings. The van der Waals surface area contributed by atoms with Crippen LogP contribution in [0.1, 0.15) is 54.4 Å². The molecular weight excluding hydrogens is 663 g/mol. The lowest BCUT2D eigenvalue weighted by atomic mass is 10.1. The Hall–Kier alpha value is -5.18. The first kappa shape index (κ1) is 35.1. The van der Waals surface area contributed by atoms with Crippen molar-refractivity contribution in [2.24, 2.45) is 0 Å². The number of fused-ring (bicyclic) bond motifs is 2. The van der Waals surface area contributed by atoms with E-state index in [1.54, 1.807) is 64.6 Å². The Morgan fingerprint density at radius 3 is 1.37 bits per heavy atom. The van der Waals surface area contributed by atoms with E-state index >= 15 is 0 Å². The number of halogens is 2. The lowest BCUT2D eigenvalue weighted by Crippen LogP contribution is -2.14. The summed E-state index contributed by atoms with van der Waals surface area (Å²) in [5, 5.41) is 12.0. The van der Waals surface area contributed by atoms with Crippen LogP contribution in [-0.4, -0.2) is 45.1 Å². The van der Waals surface area contributed by atoms with E-state index in [0.717, 1.165) is 38.7 Å². The van der Waals surface area contributed by atoms with Gasteiger partial charge in [0.1, 0.15) is 0 Å². The molecule has 0 saturated carbocycles. The molecule has 250 valence electrons. The maximum absolute atomic E-state index is 13.0. The number of benzene rings is 4. The maximum atomic E-state index is 13.0. The molecule has 4 aromatic carbocycles. The monoisotopic (exact) mass is 696 g/mol. The SMILES string of the molecule is COC(=O)Cc1c(C)n(C(=O)c2ccc(Cl)cc2)c2ccc(C)cc12.Cc1ccc2c(c1)c(CC(=O)O)c(C)n2C(=O)c1ccc(Cl)cc1. The van der Waals surface area contributed by atoms with Crippen molar-refractivity contribution in [2.45, 2.75) is 40.5 Å². The summed E-state index contributed by atoms with van der Waals surface area (Å²) < 4.78 is 8.04. The van der Waals surface area contributed by atoms with Crippen LogP contribution in [0.5, 0.6) is 0 Å². The summed E-state index contributed by atoms with van der Waals surface area (Å²) in [5.74, 6) is -1.60. The molecule has 0 bridgehead atoms. The smallest absolute Gasteiger partial charge is 0.310 e. The van der Waals surface area contributed by atoms with Gasteiger partial charge in [-0.25, -0.2) is 0 Å². The van der Waals surface area contributed by atoms with Crippen molar-refractivity contribution in [3.05, 3.63) is 140 Å². The average molecular weight is 698 g/mol. The molecule has 0 atom stereocenters. The van der Waals surface area contributed by atoms with Crippen molar-refractivity contribution >= 4 is 68.8 Å². The van der Waals surface area contributed by atoms with Gasteiger partial charge in [-0.2, -0.15) is 0 Å². The number of rotatable bonds is 6. The predicted molar refractivity (Wildman–Crippen MR) is 192 cm³/mol. The van der Waals surface area contributed by atoms with Gasteiger partial charge in [0.05, 0.1) is 31.0 Å². The topological polar surface area (TPSA) is 108 Å². The third kappa shape index (κ3) is 7.31. The highest BCUT2D eigenvalue weighted by Crippen LogP contribution is 2.30. The Bertz CT molecular complexity index is 2250. The largest absolute Gasteiger partial charge is 0.481 e. The number of aromatic nitrogens is 2. The number of carbonyl (C=O) groups is 4. The van der Waals surface area contributed by atoms with Gasteiger partial charge in [0.25, 0.3) is 11.8 Å². The number of hydrogen-bond acceptors (Lipinski definition) is 5. The minimum Gasteiger partial charge on any atom is -0.481 e. The molecule has 10 heteroatoms. The van der Waals surface area contributed by atoms with E-state index in [2.05, 4.69) is 0 Å². The van der Waals surface area contributed by atoms with Gasteiger partial charge in [0.2, 0.25) is 0 Å². The van der Waals surface area contributed by atoms with Gasteiger partial charge in [-0.15, -0.1) is 0 Å². The normalized spacial score (nSPS) is 10.9. The Kier molecular flexibility index (Phi) is 10.4. The van der Waals surface area contributed by atoms with Crippen LogP contribution in [0.4, 0.5) is 0 Å². The average Bonchev–Trinajstić information content (AvgIpc) is 3.49. The summed E-state index contributed by atoms with van der Waals surface area (Å²) >= 11 is 11.8. The molecule has 1 N–H and O–H groups in total. The zero-order chi connectivity index (χ0) is 35.6. The van der Waals surface area contributed by atoms with Gasteiger partial charge in [0, 0.05) is 43.3 Å². The van der Waals surface area contributed by atoms with Gasteiger partial charge < -0.3 is 9.84 Å². The molecule has 2 aromatic heterocycles. The number of hydrogen-bond donors (Lipinski definition) is 1. The van der Waals surface area contributed by atoms with Crippen molar-refractivity contribution in [3.63, 3.8) is 0 Å². The third-order valence-electron chi connectivity index (χ3n) is 8.45. The second-order valence-corrected chi connectivity index (χ2v) is 12.7. The first-order chi connectivity index (χ1) is 23.3. The molecule has 2 heterocycles. The Labute approximate surface area is 293 Å². The van der Waals surface area contributed by atoms with Crippen molar-refractivity contribution in [1.29, 1.82) is 0 Å². The van der Waals surface area contributed by atoms with E-state index in [9.17, 15) is 24.3 Å². The van der Waals surface area contributed by atoms with Crippen LogP contribution in [-0.2, 0) is 27.2 Å². The second-order valence-electron chi connectivity index (χ2n) is 11.8. The fraction of sp³-hybridized carbons (Fsp3) is 0.179. The van der Waals surface area contributed by atoms with Crippen LogP contribution in [0, 0.1) is 27.7 Å². The number of ether oxygens (including phenoxy) is 1. The third-order valence-corrected chi connectivity index (χ3v) is 8.95. The van der Waals surface area contributed by atoms with E-state index in [4.69, 9.17) is 27.9 Å². The number of methoxy groups -OCH3 is 1. The Morgan fingerprint density at radius 2 is 1.00 bits per heavy atom. The fourth-order valence-corrected chi connectivity index (χ4v) is 6.23. The Morgan fingerprint density at radius 1 is 0.612 bits per heavy atom. The van der Waals surface area contributed by atoms with Crippen molar-refractivity contribution in [3.8, 4) is 0 Å². The number of nitrogens with zero attached hydrogens (tertiary/aromatic N) is 2. The number of aliphatic carboxylic acids is 1. The minimum atomic E-state index is -0.919. The zero-order valence-electron chi connectivity index (χ0n) is 27.6. The summed E-state index contributed by atoms with van der Waals surface area (Å²) in [5.41, 5.74) is 7.49. The molecule has 0 saturated heterocycles. The number of carbonyl (C=O) groups excluding carboxylic acids is 3. The molecule has 0 aliphatic heterocycles. The van der Waals surface area contributed by atoms with Crippen molar-refractivity contribution in [2.75, 3.05) is 7.11 Å². The van der Waals surface area contributed by atoms with Gasteiger partial charge in [-0.1, -0.05) is 46.5 Å². The highest BCUT2D eigenvalue weighted by atomic mass is 35.5. The molecule has 49 heavy (non-hydrogen) atoms. The Balaban J connectivity index is 0.000000191. The van der Waals surface area contributed by atoms with E-state index in [-0.39, 0.29) is 30.6 Å². The van der Waals surface area contributed by atoms with Gasteiger partial charge >= 0.3 is 11.9 Å². The molecule has 8 nitrogen and oxygen atoms in total. The zero-order valence-corrected chi connectivity index (χ0v) is 29.1. The molecule has 6 aromatic rings. The van der Waals surface area contributed by atoms with Gasteiger partial charge in [-0.3, -0.25) is 28.3 Å². The van der Waals surface area contributed by atoms with Crippen LogP contribution in [0.15, 0.2) is 84.9 Å². The van der Waals surface area contributed by atoms with E-state index in [1.807, 2.05) is 57.2 Å². The van der Waals surface area contributed by atoms with Crippen LogP contribution >= 0.6 is 23.2 Å². The summed E-state index contributed by atoms with van der Waals surface area (Å²) in [6, 6.07) is 25.0. The number of aryl methyl sites for hydroxylation is 2. The van der Waals surface area contributed by atoms with Gasteiger partial charge in [0.15, 0.2) is 0 Å². The molecule has 0 unspecified atom stereocenters. The highest BCUT2D eigenvalue weighted by Gasteiger charge is 2.23. The second kappa shape index (κ2) is 14.5. The van der Waals surface area contributed by atoms with Crippen molar-refractivity contribution < 1.29 is 29.0 Å². The maximum Gasteiger partial charge on any atom is 0.310 e. The summed E-state index contributed by atoms with van der Waals surface area (Å²) in [4.78, 5) is 49.0.